The predicted octanol–water partition coefficient (Wildman–Crippen LogP) is 0.235. The number of H-pyrrole nitrogens is 1. The van der Waals surface area contributed by atoms with Crippen LogP contribution in [0.15, 0.2) is 32.9 Å². The Hall–Kier alpha value is -3.23. The van der Waals surface area contributed by atoms with Gasteiger partial charge in [0.15, 0.2) is 11.5 Å². The monoisotopic (exact) mass is 346 g/mol. The minimum atomic E-state index is -0.686. The Labute approximate surface area is 142 Å². The highest BCUT2D eigenvalue weighted by molar-refractivity contribution is 6.03. The lowest BCUT2D eigenvalue weighted by Gasteiger charge is -2.14. The molecule has 1 aromatic carbocycles. The van der Waals surface area contributed by atoms with Crippen LogP contribution in [-0.4, -0.2) is 34.6 Å². The Kier molecular flexibility index (Phi) is 4.22. The van der Waals surface area contributed by atoms with Crippen molar-refractivity contribution in [3.05, 3.63) is 50.2 Å². The fourth-order valence-corrected chi connectivity index (χ4v) is 2.73. The molecule has 0 radical (unpaired) electrons. The van der Waals surface area contributed by atoms with Crippen LogP contribution in [0.25, 0.3) is 0 Å². The van der Waals surface area contributed by atoms with Crippen LogP contribution < -0.4 is 26.1 Å². The van der Waals surface area contributed by atoms with E-state index in [-0.39, 0.29) is 11.6 Å². The van der Waals surface area contributed by atoms with E-state index < -0.39 is 17.1 Å². The van der Waals surface area contributed by atoms with Crippen molar-refractivity contribution in [1.82, 2.24) is 15.0 Å². The van der Waals surface area contributed by atoms with Gasteiger partial charge < -0.3 is 20.0 Å². The highest BCUT2D eigenvalue weighted by Gasteiger charge is 2.27. The van der Waals surface area contributed by atoms with Crippen molar-refractivity contribution in [3.63, 3.8) is 0 Å². The SMILES string of the molecule is COc1ccc([C@@H]2CC(c3c(O)n(C)c(=O)[nH]c3=O)=NN2)cc1OC. The van der Waals surface area contributed by atoms with Crippen LogP contribution >= 0.6 is 0 Å². The Bertz CT molecular complexity index is 960. The zero-order valence-corrected chi connectivity index (χ0v) is 14.0. The Balaban J connectivity index is 1.91. The average Bonchev–Trinajstić information content (AvgIpc) is 3.08. The van der Waals surface area contributed by atoms with Crippen LogP contribution in [0.4, 0.5) is 0 Å². The lowest BCUT2D eigenvalue weighted by Crippen LogP contribution is -2.32. The predicted molar refractivity (Wildman–Crippen MR) is 90.5 cm³/mol. The molecule has 0 saturated heterocycles. The van der Waals surface area contributed by atoms with Gasteiger partial charge in [-0.2, -0.15) is 5.10 Å². The fraction of sp³-hybridized carbons (Fsp3) is 0.312. The van der Waals surface area contributed by atoms with Gasteiger partial charge in [0.1, 0.15) is 5.56 Å². The summed E-state index contributed by atoms with van der Waals surface area (Å²) in [6.45, 7) is 0. The number of ether oxygens (including phenoxy) is 2. The van der Waals surface area contributed by atoms with Crippen molar-refractivity contribution in [2.75, 3.05) is 14.2 Å². The van der Waals surface area contributed by atoms with Crippen LogP contribution in [0.3, 0.4) is 0 Å². The summed E-state index contributed by atoms with van der Waals surface area (Å²) in [5.74, 6) is 0.776. The van der Waals surface area contributed by atoms with Crippen LogP contribution in [0, 0.1) is 0 Å². The Morgan fingerprint density at radius 1 is 1.24 bits per heavy atom. The van der Waals surface area contributed by atoms with Crippen molar-refractivity contribution in [2.45, 2.75) is 12.5 Å². The van der Waals surface area contributed by atoms with Gasteiger partial charge in [-0.3, -0.25) is 14.3 Å². The first-order chi connectivity index (χ1) is 12.0. The first-order valence-corrected chi connectivity index (χ1v) is 7.53. The number of nitrogens with one attached hydrogen (secondary N) is 2. The third-order valence-corrected chi connectivity index (χ3v) is 4.14. The first-order valence-electron chi connectivity index (χ1n) is 7.53. The molecule has 1 aliphatic heterocycles. The molecule has 1 aliphatic rings. The number of aromatic amines is 1. The number of aromatic hydroxyl groups is 1. The van der Waals surface area contributed by atoms with E-state index in [1.165, 1.54) is 7.05 Å². The maximum atomic E-state index is 12.1. The maximum absolute atomic E-state index is 12.1. The number of benzene rings is 1. The molecule has 9 nitrogen and oxygen atoms in total. The van der Waals surface area contributed by atoms with E-state index in [2.05, 4.69) is 15.5 Å². The molecule has 132 valence electrons. The normalized spacial score (nSPS) is 16.3. The second-order valence-corrected chi connectivity index (χ2v) is 5.58. The highest BCUT2D eigenvalue weighted by Crippen LogP contribution is 2.33. The average molecular weight is 346 g/mol. The van der Waals surface area contributed by atoms with Crippen molar-refractivity contribution in [2.24, 2.45) is 12.1 Å². The van der Waals surface area contributed by atoms with Crippen LogP contribution in [-0.2, 0) is 7.05 Å². The summed E-state index contributed by atoms with van der Waals surface area (Å²) >= 11 is 0. The Morgan fingerprint density at radius 2 is 1.96 bits per heavy atom. The van der Waals surface area contributed by atoms with Crippen LogP contribution in [0.5, 0.6) is 17.4 Å². The van der Waals surface area contributed by atoms with Crippen molar-refractivity contribution >= 4 is 5.71 Å². The summed E-state index contributed by atoms with van der Waals surface area (Å²) in [6, 6.07) is 5.26. The number of rotatable bonds is 4. The van der Waals surface area contributed by atoms with E-state index in [9.17, 15) is 14.7 Å². The van der Waals surface area contributed by atoms with Gasteiger partial charge in [-0.1, -0.05) is 6.07 Å². The second-order valence-electron chi connectivity index (χ2n) is 5.58. The smallest absolute Gasteiger partial charge is 0.330 e. The third kappa shape index (κ3) is 2.84. The maximum Gasteiger partial charge on any atom is 0.330 e. The summed E-state index contributed by atoms with van der Waals surface area (Å²) in [5, 5.41) is 14.3. The van der Waals surface area contributed by atoms with Gasteiger partial charge in [-0.25, -0.2) is 4.79 Å². The molecular weight excluding hydrogens is 328 g/mol. The zero-order chi connectivity index (χ0) is 18.1. The first kappa shape index (κ1) is 16.6. The standard InChI is InChI=1S/C16H18N4O5/c1-20-15(22)13(14(21)17-16(20)23)10-7-9(18-19-10)8-4-5-11(24-2)12(6-8)25-3/h4-6,9,18,22H,7H2,1-3H3,(H,17,21,23)/t9-/m0/s1. The van der Waals surface area contributed by atoms with Gasteiger partial charge in [0.2, 0.25) is 5.88 Å². The molecule has 0 spiro atoms. The molecule has 0 bridgehead atoms. The molecule has 25 heavy (non-hydrogen) atoms. The summed E-state index contributed by atoms with van der Waals surface area (Å²) < 4.78 is 11.5. The number of hydrogen-bond donors (Lipinski definition) is 3. The van der Waals surface area contributed by atoms with Gasteiger partial charge in [0.25, 0.3) is 5.56 Å². The molecule has 1 atom stereocenters. The fourth-order valence-electron chi connectivity index (χ4n) is 2.73. The minimum Gasteiger partial charge on any atom is -0.494 e. The van der Waals surface area contributed by atoms with Crippen LogP contribution in [0.1, 0.15) is 23.6 Å². The van der Waals surface area contributed by atoms with E-state index >= 15 is 0 Å². The summed E-state index contributed by atoms with van der Waals surface area (Å²) in [4.78, 5) is 25.7. The molecule has 2 aromatic rings. The molecule has 3 rings (SSSR count). The Morgan fingerprint density at radius 3 is 2.64 bits per heavy atom. The van der Waals surface area contributed by atoms with E-state index in [0.717, 1.165) is 10.1 Å². The largest absolute Gasteiger partial charge is 0.494 e. The van der Waals surface area contributed by atoms with Gasteiger partial charge >= 0.3 is 5.69 Å². The van der Waals surface area contributed by atoms with E-state index in [4.69, 9.17) is 9.47 Å². The molecule has 2 heterocycles. The van der Waals surface area contributed by atoms with Gasteiger partial charge in [0.05, 0.1) is 26.0 Å². The highest BCUT2D eigenvalue weighted by atomic mass is 16.5. The molecular formula is C16H18N4O5. The van der Waals surface area contributed by atoms with Gasteiger partial charge in [-0.05, 0) is 17.7 Å². The molecule has 0 saturated carbocycles. The van der Waals surface area contributed by atoms with Crippen molar-refractivity contribution in [3.8, 4) is 17.4 Å². The number of aromatic nitrogens is 2. The summed E-state index contributed by atoms with van der Waals surface area (Å²) in [6.07, 6.45) is 0.365. The quantitative estimate of drug-likeness (QED) is 0.730. The number of methoxy groups -OCH3 is 2. The van der Waals surface area contributed by atoms with E-state index in [1.807, 2.05) is 12.1 Å². The lowest BCUT2D eigenvalue weighted by molar-refractivity contribution is 0.354. The second kappa shape index (κ2) is 6.34. The molecule has 9 heteroatoms. The lowest BCUT2D eigenvalue weighted by atomic mass is 9.99. The number of hydrazone groups is 1. The molecule has 3 N–H and O–H groups in total. The number of nitrogens with zero attached hydrogens (tertiary/aromatic N) is 2. The van der Waals surface area contributed by atoms with Gasteiger partial charge in [0, 0.05) is 13.5 Å². The molecule has 0 aliphatic carbocycles. The van der Waals surface area contributed by atoms with E-state index in [1.54, 1.807) is 20.3 Å². The van der Waals surface area contributed by atoms with Crippen molar-refractivity contribution in [1.29, 1.82) is 0 Å². The van der Waals surface area contributed by atoms with Crippen molar-refractivity contribution < 1.29 is 14.6 Å². The third-order valence-electron chi connectivity index (χ3n) is 4.14. The van der Waals surface area contributed by atoms with E-state index in [0.29, 0.717) is 23.6 Å². The summed E-state index contributed by atoms with van der Waals surface area (Å²) in [7, 11) is 4.47. The number of hydrogen-bond acceptors (Lipinski definition) is 7. The molecule has 1 aromatic heterocycles. The zero-order valence-electron chi connectivity index (χ0n) is 14.0. The molecule has 0 unspecified atom stereocenters. The van der Waals surface area contributed by atoms with Crippen LogP contribution in [0.2, 0.25) is 0 Å². The molecule has 0 amide bonds. The topological polar surface area (TPSA) is 118 Å². The molecule has 0 fully saturated rings. The minimum absolute atomic E-state index is 0.0161. The summed E-state index contributed by atoms with van der Waals surface area (Å²) in [5.41, 5.74) is 2.82. The van der Waals surface area contributed by atoms with Gasteiger partial charge in [-0.15, -0.1) is 0 Å².